The summed E-state index contributed by atoms with van der Waals surface area (Å²) in [6, 6.07) is 13.5. The van der Waals surface area contributed by atoms with E-state index in [1.165, 1.54) is 23.9 Å². The highest BCUT2D eigenvalue weighted by Gasteiger charge is 2.27. The van der Waals surface area contributed by atoms with Gasteiger partial charge in [0, 0.05) is 18.8 Å². The predicted octanol–water partition coefficient (Wildman–Crippen LogP) is 2.35. The van der Waals surface area contributed by atoms with Crippen molar-refractivity contribution in [1.29, 1.82) is 0 Å². The number of H-pyrrole nitrogens is 1. The zero-order valence-electron chi connectivity index (χ0n) is 16.8. The number of nitrogens with one attached hydrogen (secondary N) is 2. The number of hydrogen-bond acceptors (Lipinski definition) is 6. The molecule has 1 aromatic heterocycles. The first kappa shape index (κ1) is 22.9. The van der Waals surface area contributed by atoms with Gasteiger partial charge in [0.1, 0.15) is 11.6 Å². The van der Waals surface area contributed by atoms with E-state index >= 15 is 0 Å². The lowest BCUT2D eigenvalue weighted by atomic mass is 10.2. The summed E-state index contributed by atoms with van der Waals surface area (Å²) < 4.78 is 40.5. The number of aryl methyl sites for hydroxylation is 1. The van der Waals surface area contributed by atoms with E-state index in [0.29, 0.717) is 23.3 Å². The van der Waals surface area contributed by atoms with Crippen molar-refractivity contribution in [3.63, 3.8) is 0 Å². The smallest absolute Gasteiger partial charge is 0.243 e. The standard InChI is InChI=1S/C20H22FN5O3S2/c1-15-23-20(25-24-15)30-12-11-22-19(27)14-26(13-16-5-3-2-4-6-16)31(28,29)18-9-7-17(21)8-10-18/h2-10H,11-14H2,1H3,(H,22,27)(H,23,24,25). The zero-order valence-corrected chi connectivity index (χ0v) is 18.4. The van der Waals surface area contributed by atoms with Crippen LogP contribution in [-0.4, -0.2) is 52.7 Å². The van der Waals surface area contributed by atoms with Gasteiger partial charge in [-0.05, 0) is 36.8 Å². The number of aromatic nitrogens is 3. The molecule has 1 amide bonds. The van der Waals surface area contributed by atoms with Crippen LogP contribution >= 0.6 is 11.8 Å². The molecule has 11 heteroatoms. The van der Waals surface area contributed by atoms with Gasteiger partial charge in [-0.2, -0.15) is 4.31 Å². The van der Waals surface area contributed by atoms with Crippen LogP contribution < -0.4 is 5.32 Å². The molecule has 0 aliphatic carbocycles. The maximum Gasteiger partial charge on any atom is 0.243 e. The number of carbonyl (C=O) groups is 1. The Morgan fingerprint density at radius 3 is 2.52 bits per heavy atom. The van der Waals surface area contributed by atoms with Gasteiger partial charge in [-0.15, -0.1) is 5.10 Å². The Hall–Kier alpha value is -2.76. The first-order valence-corrected chi connectivity index (χ1v) is 11.9. The Morgan fingerprint density at radius 2 is 1.87 bits per heavy atom. The third-order valence-corrected chi connectivity index (χ3v) is 6.86. The van der Waals surface area contributed by atoms with Crippen LogP contribution in [0.15, 0.2) is 64.6 Å². The molecule has 0 unspecified atom stereocenters. The van der Waals surface area contributed by atoms with Gasteiger partial charge in [0.05, 0.1) is 11.4 Å². The zero-order chi connectivity index (χ0) is 22.3. The number of thioether (sulfide) groups is 1. The minimum absolute atomic E-state index is 0.0131. The van der Waals surface area contributed by atoms with Crippen molar-refractivity contribution in [3.8, 4) is 0 Å². The molecule has 0 aliphatic heterocycles. The molecule has 0 saturated heterocycles. The Bertz CT molecular complexity index is 1110. The molecular weight excluding hydrogens is 441 g/mol. The van der Waals surface area contributed by atoms with Crippen LogP contribution in [0.3, 0.4) is 0 Å². The molecule has 8 nitrogen and oxygen atoms in total. The van der Waals surface area contributed by atoms with Crippen molar-refractivity contribution >= 4 is 27.7 Å². The van der Waals surface area contributed by atoms with E-state index in [1.54, 1.807) is 31.2 Å². The first-order chi connectivity index (χ1) is 14.8. The number of halogens is 1. The lowest BCUT2D eigenvalue weighted by Gasteiger charge is -2.22. The Kier molecular flexibility index (Phi) is 7.77. The minimum Gasteiger partial charge on any atom is -0.354 e. The van der Waals surface area contributed by atoms with Crippen LogP contribution in [0, 0.1) is 12.7 Å². The number of amides is 1. The maximum atomic E-state index is 13.2. The van der Waals surface area contributed by atoms with Gasteiger partial charge in [0.15, 0.2) is 0 Å². The largest absolute Gasteiger partial charge is 0.354 e. The van der Waals surface area contributed by atoms with Gasteiger partial charge in [0.25, 0.3) is 0 Å². The summed E-state index contributed by atoms with van der Waals surface area (Å²) in [5, 5.41) is 10.0. The van der Waals surface area contributed by atoms with E-state index in [1.807, 2.05) is 6.07 Å². The number of nitrogens with zero attached hydrogens (tertiary/aromatic N) is 3. The van der Waals surface area contributed by atoms with E-state index in [0.717, 1.165) is 22.0 Å². The van der Waals surface area contributed by atoms with Crippen LogP contribution in [0.4, 0.5) is 4.39 Å². The van der Waals surface area contributed by atoms with E-state index in [9.17, 15) is 17.6 Å². The number of sulfonamides is 1. The van der Waals surface area contributed by atoms with E-state index in [-0.39, 0.29) is 18.0 Å². The van der Waals surface area contributed by atoms with Crippen LogP contribution in [0.25, 0.3) is 0 Å². The average Bonchev–Trinajstić information content (AvgIpc) is 3.17. The molecule has 0 atom stereocenters. The quantitative estimate of drug-likeness (QED) is 0.353. The lowest BCUT2D eigenvalue weighted by molar-refractivity contribution is -0.121. The second-order valence-electron chi connectivity index (χ2n) is 6.61. The minimum atomic E-state index is -4.01. The van der Waals surface area contributed by atoms with Crippen molar-refractivity contribution < 1.29 is 17.6 Å². The van der Waals surface area contributed by atoms with E-state index in [4.69, 9.17) is 0 Å². The molecule has 0 saturated carbocycles. The average molecular weight is 464 g/mol. The molecule has 3 rings (SSSR count). The second kappa shape index (κ2) is 10.5. The summed E-state index contributed by atoms with van der Waals surface area (Å²) in [5.41, 5.74) is 0.733. The fourth-order valence-corrected chi connectivity index (χ4v) is 4.79. The highest BCUT2D eigenvalue weighted by Crippen LogP contribution is 2.19. The van der Waals surface area contributed by atoms with Crippen molar-refractivity contribution in [1.82, 2.24) is 24.8 Å². The van der Waals surface area contributed by atoms with Crippen molar-refractivity contribution in [2.45, 2.75) is 23.5 Å². The van der Waals surface area contributed by atoms with Gasteiger partial charge in [0.2, 0.25) is 21.1 Å². The van der Waals surface area contributed by atoms with Gasteiger partial charge < -0.3 is 5.32 Å². The Labute approximate surface area is 184 Å². The number of hydrogen-bond donors (Lipinski definition) is 2. The fraction of sp³-hybridized carbons (Fsp3) is 0.250. The molecule has 3 aromatic rings. The third-order valence-electron chi connectivity index (χ3n) is 4.21. The van der Waals surface area contributed by atoms with Crippen LogP contribution in [0.2, 0.25) is 0 Å². The summed E-state index contributed by atoms with van der Waals surface area (Å²) in [6.45, 7) is 1.77. The van der Waals surface area contributed by atoms with Crippen molar-refractivity contribution in [2.75, 3.05) is 18.8 Å². The predicted molar refractivity (Wildman–Crippen MR) is 115 cm³/mol. The summed E-state index contributed by atoms with van der Waals surface area (Å²) in [7, 11) is -4.01. The van der Waals surface area contributed by atoms with Crippen LogP contribution in [0.5, 0.6) is 0 Å². The van der Waals surface area contributed by atoms with Crippen molar-refractivity contribution in [2.24, 2.45) is 0 Å². The highest BCUT2D eigenvalue weighted by molar-refractivity contribution is 7.99. The van der Waals surface area contributed by atoms with Gasteiger partial charge in [-0.1, -0.05) is 42.1 Å². The molecule has 1 heterocycles. The molecule has 0 spiro atoms. The molecule has 164 valence electrons. The SMILES string of the molecule is Cc1nc(SCCNC(=O)CN(Cc2ccccc2)S(=O)(=O)c2ccc(F)cc2)n[nH]1. The Balaban J connectivity index is 1.65. The van der Waals surface area contributed by atoms with Gasteiger partial charge in [-0.25, -0.2) is 17.8 Å². The molecule has 0 bridgehead atoms. The normalized spacial score (nSPS) is 11.6. The number of aromatic amines is 1. The van der Waals surface area contributed by atoms with E-state index in [2.05, 4.69) is 20.5 Å². The molecule has 2 aromatic carbocycles. The maximum absolute atomic E-state index is 13.2. The topological polar surface area (TPSA) is 108 Å². The van der Waals surface area contributed by atoms with Gasteiger partial charge >= 0.3 is 0 Å². The second-order valence-corrected chi connectivity index (χ2v) is 9.61. The van der Waals surface area contributed by atoms with Crippen LogP contribution in [0.1, 0.15) is 11.4 Å². The van der Waals surface area contributed by atoms with Crippen LogP contribution in [-0.2, 0) is 21.4 Å². The monoisotopic (exact) mass is 463 g/mol. The van der Waals surface area contributed by atoms with Gasteiger partial charge in [-0.3, -0.25) is 9.89 Å². The highest BCUT2D eigenvalue weighted by atomic mass is 32.2. The summed E-state index contributed by atoms with van der Waals surface area (Å²) in [4.78, 5) is 16.6. The third kappa shape index (κ3) is 6.61. The summed E-state index contributed by atoms with van der Waals surface area (Å²) in [5.74, 6) is 0.264. The lowest BCUT2D eigenvalue weighted by Crippen LogP contribution is -2.40. The summed E-state index contributed by atoms with van der Waals surface area (Å²) >= 11 is 1.37. The number of rotatable bonds is 10. The van der Waals surface area contributed by atoms with E-state index < -0.39 is 21.7 Å². The number of carbonyl (C=O) groups excluding carboxylic acids is 1. The number of benzene rings is 2. The first-order valence-electron chi connectivity index (χ1n) is 9.43. The fourth-order valence-electron chi connectivity index (χ4n) is 2.70. The molecule has 2 N–H and O–H groups in total. The summed E-state index contributed by atoms with van der Waals surface area (Å²) in [6.07, 6.45) is 0. The molecule has 0 aliphatic rings. The van der Waals surface area contributed by atoms with Crippen molar-refractivity contribution in [3.05, 3.63) is 71.8 Å². The molecule has 0 fully saturated rings. The molecule has 31 heavy (non-hydrogen) atoms. The molecular formula is C20H22FN5O3S2. The Morgan fingerprint density at radius 1 is 1.16 bits per heavy atom. The molecule has 0 radical (unpaired) electrons.